The molecule has 0 aliphatic carbocycles. The molecule has 1 amide bonds. The minimum absolute atomic E-state index is 0.000186. The Morgan fingerprint density at radius 1 is 0.968 bits per heavy atom. The van der Waals surface area contributed by atoms with Crippen molar-refractivity contribution in [1.82, 2.24) is 5.43 Å². The molecule has 0 aliphatic rings. The summed E-state index contributed by atoms with van der Waals surface area (Å²) < 4.78 is 11.5. The Hall–Kier alpha value is -3.17. The van der Waals surface area contributed by atoms with Gasteiger partial charge in [-0.3, -0.25) is 4.79 Å². The first kappa shape index (κ1) is 22.5. The van der Waals surface area contributed by atoms with E-state index in [1.807, 2.05) is 6.07 Å². The lowest BCUT2D eigenvalue weighted by atomic mass is 10.2. The van der Waals surface area contributed by atoms with E-state index >= 15 is 0 Å². The molecule has 0 radical (unpaired) electrons. The summed E-state index contributed by atoms with van der Waals surface area (Å²) in [6.07, 6.45) is 1.42. The van der Waals surface area contributed by atoms with Crippen LogP contribution in [-0.4, -0.2) is 30.3 Å². The van der Waals surface area contributed by atoms with Crippen molar-refractivity contribution < 1.29 is 24.2 Å². The number of carbonyl (C=O) groups excluding carboxylic acids is 2. The SMILES string of the molecule is COc1cc(/C=N\NC(=O)c2cc(Br)c(O)c(Br)c2)ccc1OC(=O)c1ccccc1. The number of phenols is 1. The van der Waals surface area contributed by atoms with Crippen LogP contribution in [0.2, 0.25) is 0 Å². The topological polar surface area (TPSA) is 97.2 Å². The second kappa shape index (κ2) is 10.2. The van der Waals surface area contributed by atoms with Crippen LogP contribution >= 0.6 is 31.9 Å². The van der Waals surface area contributed by atoms with Crippen LogP contribution in [0.1, 0.15) is 26.3 Å². The maximum absolute atomic E-state index is 12.3. The van der Waals surface area contributed by atoms with E-state index in [2.05, 4.69) is 42.4 Å². The summed E-state index contributed by atoms with van der Waals surface area (Å²) in [6.45, 7) is 0. The molecular formula is C22H16Br2N2O5. The van der Waals surface area contributed by atoms with E-state index < -0.39 is 11.9 Å². The van der Waals surface area contributed by atoms with Gasteiger partial charge in [0.1, 0.15) is 5.75 Å². The zero-order chi connectivity index (χ0) is 22.4. The molecule has 0 saturated carbocycles. The third-order valence-electron chi connectivity index (χ3n) is 4.06. The molecule has 0 atom stereocenters. The molecule has 0 spiro atoms. The van der Waals surface area contributed by atoms with Crippen LogP contribution in [-0.2, 0) is 0 Å². The highest BCUT2D eigenvalue weighted by molar-refractivity contribution is 9.11. The molecule has 0 heterocycles. The molecular weight excluding hydrogens is 532 g/mol. The minimum atomic E-state index is -0.501. The van der Waals surface area contributed by atoms with Crippen LogP contribution in [0, 0.1) is 0 Å². The van der Waals surface area contributed by atoms with Gasteiger partial charge < -0.3 is 14.6 Å². The number of amides is 1. The van der Waals surface area contributed by atoms with E-state index in [1.165, 1.54) is 25.5 Å². The predicted molar refractivity (Wildman–Crippen MR) is 123 cm³/mol. The number of benzene rings is 3. The number of halogens is 2. The molecule has 9 heteroatoms. The average molecular weight is 548 g/mol. The quantitative estimate of drug-likeness (QED) is 0.198. The number of hydrogen-bond donors (Lipinski definition) is 2. The van der Waals surface area contributed by atoms with E-state index in [1.54, 1.807) is 42.5 Å². The molecule has 3 rings (SSSR count). The standard InChI is InChI=1S/C22H16Br2N2O5/c1-30-19-9-13(7-8-18(19)31-22(29)14-5-3-2-4-6-14)12-25-26-21(28)15-10-16(23)20(27)17(24)11-15/h2-12,27H,1H3,(H,26,28)/b25-12-. The van der Waals surface area contributed by atoms with Crippen LogP contribution in [0.4, 0.5) is 0 Å². The number of hydrazone groups is 1. The molecule has 0 aliphatic heterocycles. The highest BCUT2D eigenvalue weighted by atomic mass is 79.9. The maximum atomic E-state index is 12.3. The van der Waals surface area contributed by atoms with Gasteiger partial charge in [0.05, 0.1) is 27.8 Å². The summed E-state index contributed by atoms with van der Waals surface area (Å²) in [5.41, 5.74) is 3.75. The second-order valence-electron chi connectivity index (χ2n) is 6.15. The van der Waals surface area contributed by atoms with E-state index in [4.69, 9.17) is 9.47 Å². The first-order valence-corrected chi connectivity index (χ1v) is 10.4. The highest BCUT2D eigenvalue weighted by Crippen LogP contribution is 2.33. The van der Waals surface area contributed by atoms with Gasteiger partial charge in [0.25, 0.3) is 5.91 Å². The minimum Gasteiger partial charge on any atom is -0.506 e. The van der Waals surface area contributed by atoms with E-state index in [-0.39, 0.29) is 11.5 Å². The smallest absolute Gasteiger partial charge is 0.343 e. The van der Waals surface area contributed by atoms with Gasteiger partial charge in [-0.2, -0.15) is 5.10 Å². The lowest BCUT2D eigenvalue weighted by molar-refractivity contribution is 0.0729. The van der Waals surface area contributed by atoms with Crippen LogP contribution in [0.25, 0.3) is 0 Å². The summed E-state index contributed by atoms with van der Waals surface area (Å²) >= 11 is 6.35. The number of aromatic hydroxyl groups is 1. The summed E-state index contributed by atoms with van der Waals surface area (Å²) in [4.78, 5) is 24.5. The third kappa shape index (κ3) is 5.71. The molecule has 0 aromatic heterocycles. The zero-order valence-corrected chi connectivity index (χ0v) is 19.3. The van der Waals surface area contributed by atoms with Crippen molar-refractivity contribution in [1.29, 1.82) is 0 Å². The fraction of sp³-hybridized carbons (Fsp3) is 0.0455. The second-order valence-corrected chi connectivity index (χ2v) is 7.86. The number of hydrogen-bond acceptors (Lipinski definition) is 6. The highest BCUT2D eigenvalue weighted by Gasteiger charge is 2.13. The van der Waals surface area contributed by atoms with Gasteiger partial charge in [-0.25, -0.2) is 10.2 Å². The van der Waals surface area contributed by atoms with Crippen LogP contribution < -0.4 is 14.9 Å². The Morgan fingerprint density at radius 2 is 1.65 bits per heavy atom. The maximum Gasteiger partial charge on any atom is 0.343 e. The van der Waals surface area contributed by atoms with Crippen molar-refractivity contribution >= 4 is 50.0 Å². The van der Waals surface area contributed by atoms with Gasteiger partial charge in [0.15, 0.2) is 11.5 Å². The average Bonchev–Trinajstić information content (AvgIpc) is 2.78. The Kier molecular flexibility index (Phi) is 7.43. The van der Waals surface area contributed by atoms with Crippen molar-refractivity contribution in [2.75, 3.05) is 7.11 Å². The molecule has 3 aromatic carbocycles. The summed E-state index contributed by atoms with van der Waals surface area (Å²) in [7, 11) is 1.46. The van der Waals surface area contributed by atoms with Crippen molar-refractivity contribution in [3.63, 3.8) is 0 Å². The Labute approximate surface area is 195 Å². The number of phenolic OH excluding ortho intramolecular Hbond substituents is 1. The first-order valence-electron chi connectivity index (χ1n) is 8.85. The van der Waals surface area contributed by atoms with E-state index in [9.17, 15) is 14.7 Å². The molecule has 31 heavy (non-hydrogen) atoms. The third-order valence-corrected chi connectivity index (χ3v) is 5.27. The molecule has 0 unspecified atom stereocenters. The number of nitrogens with one attached hydrogen (secondary N) is 1. The Balaban J connectivity index is 1.69. The largest absolute Gasteiger partial charge is 0.506 e. The van der Waals surface area contributed by atoms with Crippen LogP contribution in [0.5, 0.6) is 17.2 Å². The number of esters is 1. The molecule has 3 aromatic rings. The molecule has 7 nitrogen and oxygen atoms in total. The van der Waals surface area contributed by atoms with Gasteiger partial charge >= 0.3 is 5.97 Å². The van der Waals surface area contributed by atoms with Crippen molar-refractivity contribution in [3.05, 3.63) is 86.3 Å². The number of rotatable bonds is 6. The molecule has 158 valence electrons. The predicted octanol–water partition coefficient (Wildman–Crippen LogP) is 4.91. The van der Waals surface area contributed by atoms with Gasteiger partial charge in [0.2, 0.25) is 0 Å². The molecule has 0 fully saturated rings. The first-order chi connectivity index (χ1) is 14.9. The summed E-state index contributed by atoms with van der Waals surface area (Å²) in [5.74, 6) is -0.362. The van der Waals surface area contributed by atoms with E-state index in [0.717, 1.165) is 0 Å². The summed E-state index contributed by atoms with van der Waals surface area (Å²) in [5, 5.41) is 13.7. The summed E-state index contributed by atoms with van der Waals surface area (Å²) in [6, 6.07) is 16.4. The zero-order valence-electron chi connectivity index (χ0n) is 16.1. The lowest BCUT2D eigenvalue weighted by Gasteiger charge is -2.10. The monoisotopic (exact) mass is 546 g/mol. The Bertz CT molecular complexity index is 1130. The molecule has 0 bridgehead atoms. The lowest BCUT2D eigenvalue weighted by Crippen LogP contribution is -2.17. The number of nitrogens with zero attached hydrogens (tertiary/aromatic N) is 1. The van der Waals surface area contributed by atoms with Gasteiger partial charge in [-0.05, 0) is 79.9 Å². The Morgan fingerprint density at radius 3 is 2.29 bits per heavy atom. The van der Waals surface area contributed by atoms with Crippen molar-refractivity contribution in [2.24, 2.45) is 5.10 Å². The van der Waals surface area contributed by atoms with Crippen molar-refractivity contribution in [3.8, 4) is 17.2 Å². The van der Waals surface area contributed by atoms with Crippen LogP contribution in [0.3, 0.4) is 0 Å². The van der Waals surface area contributed by atoms with Crippen LogP contribution in [0.15, 0.2) is 74.7 Å². The van der Waals surface area contributed by atoms with Gasteiger partial charge in [0, 0.05) is 5.56 Å². The van der Waals surface area contributed by atoms with Gasteiger partial charge in [-0.1, -0.05) is 18.2 Å². The molecule has 2 N–H and O–H groups in total. The number of carbonyl (C=O) groups is 2. The fourth-order valence-electron chi connectivity index (χ4n) is 2.51. The van der Waals surface area contributed by atoms with E-state index in [0.29, 0.717) is 31.4 Å². The number of methoxy groups -OCH3 is 1. The normalized spacial score (nSPS) is 10.7. The van der Waals surface area contributed by atoms with Crippen molar-refractivity contribution in [2.45, 2.75) is 0 Å². The molecule has 0 saturated heterocycles. The van der Waals surface area contributed by atoms with Gasteiger partial charge in [-0.15, -0.1) is 0 Å². The fourth-order valence-corrected chi connectivity index (χ4v) is 3.69. The number of ether oxygens (including phenoxy) is 2.